The highest BCUT2D eigenvalue weighted by atomic mass is 16.5. The second kappa shape index (κ2) is 5.19. The summed E-state index contributed by atoms with van der Waals surface area (Å²) < 4.78 is 5.60. The van der Waals surface area contributed by atoms with Crippen molar-refractivity contribution >= 4 is 5.91 Å². The molecule has 1 aliphatic carbocycles. The first-order valence-corrected chi connectivity index (χ1v) is 7.38. The second-order valence-corrected chi connectivity index (χ2v) is 5.96. The molecule has 20 heavy (non-hydrogen) atoms. The number of nitrogens with one attached hydrogen (secondary N) is 1. The molecule has 2 aliphatic rings. The Kier molecular flexibility index (Phi) is 3.52. The van der Waals surface area contributed by atoms with E-state index >= 15 is 0 Å². The molecule has 1 aliphatic heterocycles. The summed E-state index contributed by atoms with van der Waals surface area (Å²) in [5.74, 6) is 0.235. The highest BCUT2D eigenvalue weighted by Gasteiger charge is 2.59. The molecule has 108 valence electrons. The molecular weight excluding hydrogens is 252 g/mol. The van der Waals surface area contributed by atoms with Crippen LogP contribution in [0.4, 0.5) is 0 Å². The van der Waals surface area contributed by atoms with Crippen LogP contribution in [0, 0.1) is 0 Å². The van der Waals surface area contributed by atoms with Crippen molar-refractivity contribution in [1.29, 1.82) is 0 Å². The smallest absolute Gasteiger partial charge is 0.244 e. The maximum absolute atomic E-state index is 12.6. The Balaban J connectivity index is 1.75. The van der Waals surface area contributed by atoms with E-state index in [1.165, 1.54) is 0 Å². The minimum absolute atomic E-state index is 0.0121. The van der Waals surface area contributed by atoms with Crippen molar-refractivity contribution in [1.82, 2.24) is 10.2 Å². The molecule has 1 saturated carbocycles. The minimum Gasteiger partial charge on any atom is -0.377 e. The Bertz CT molecular complexity index is 483. The third-order valence-corrected chi connectivity index (χ3v) is 4.04. The van der Waals surface area contributed by atoms with Gasteiger partial charge in [-0.25, -0.2) is 0 Å². The van der Waals surface area contributed by atoms with E-state index in [0.717, 1.165) is 18.4 Å². The molecule has 0 radical (unpaired) electrons. The standard InChI is InChI=1S/C16H22N2O2/c1-12(2)20-11-10-18-14(13-6-4-3-5-7-13)17-16(8-9-16)15(18)19/h3-7,12,14,17H,8-11H2,1-2H3. The molecule has 4 nitrogen and oxygen atoms in total. The lowest BCUT2D eigenvalue weighted by molar-refractivity contribution is -0.131. The number of hydrogen-bond acceptors (Lipinski definition) is 3. The van der Waals surface area contributed by atoms with Crippen molar-refractivity contribution in [2.24, 2.45) is 0 Å². The summed E-state index contributed by atoms with van der Waals surface area (Å²) in [6.45, 7) is 5.26. The van der Waals surface area contributed by atoms with Gasteiger partial charge < -0.3 is 9.64 Å². The largest absolute Gasteiger partial charge is 0.377 e. The van der Waals surface area contributed by atoms with Crippen LogP contribution in [0.25, 0.3) is 0 Å². The number of amides is 1. The first-order chi connectivity index (χ1) is 9.62. The van der Waals surface area contributed by atoms with E-state index in [1.54, 1.807) is 0 Å². The first kappa shape index (κ1) is 13.6. The maximum Gasteiger partial charge on any atom is 0.244 e. The molecule has 1 spiro atoms. The molecule has 1 aromatic rings. The van der Waals surface area contributed by atoms with Crippen molar-refractivity contribution in [3.63, 3.8) is 0 Å². The van der Waals surface area contributed by atoms with Crippen LogP contribution in [0.15, 0.2) is 30.3 Å². The fourth-order valence-corrected chi connectivity index (χ4v) is 2.79. The summed E-state index contributed by atoms with van der Waals surface area (Å²) in [4.78, 5) is 14.5. The average Bonchev–Trinajstić information content (AvgIpc) is 3.17. The van der Waals surface area contributed by atoms with Crippen molar-refractivity contribution < 1.29 is 9.53 Å². The predicted molar refractivity (Wildman–Crippen MR) is 77.1 cm³/mol. The van der Waals surface area contributed by atoms with Crippen LogP contribution < -0.4 is 5.32 Å². The zero-order valence-electron chi connectivity index (χ0n) is 12.1. The number of hydrogen-bond donors (Lipinski definition) is 1. The minimum atomic E-state index is -0.279. The van der Waals surface area contributed by atoms with Crippen LogP contribution in [0.3, 0.4) is 0 Å². The Morgan fingerprint density at radius 2 is 2.05 bits per heavy atom. The van der Waals surface area contributed by atoms with Gasteiger partial charge >= 0.3 is 0 Å². The number of carbonyl (C=O) groups is 1. The second-order valence-electron chi connectivity index (χ2n) is 5.96. The van der Waals surface area contributed by atoms with Gasteiger partial charge in [-0.05, 0) is 32.3 Å². The molecule has 0 aromatic heterocycles. The molecule has 1 amide bonds. The lowest BCUT2D eigenvalue weighted by Crippen LogP contribution is -2.35. The van der Waals surface area contributed by atoms with Gasteiger partial charge in [-0.2, -0.15) is 0 Å². The zero-order chi connectivity index (χ0) is 14.2. The number of rotatable bonds is 5. The SMILES string of the molecule is CC(C)OCCN1C(=O)C2(CC2)NC1c1ccccc1. The third kappa shape index (κ3) is 2.45. The topological polar surface area (TPSA) is 41.6 Å². The summed E-state index contributed by atoms with van der Waals surface area (Å²) in [7, 11) is 0. The maximum atomic E-state index is 12.6. The lowest BCUT2D eigenvalue weighted by atomic mass is 10.1. The van der Waals surface area contributed by atoms with Gasteiger partial charge in [0.05, 0.1) is 12.7 Å². The molecule has 1 heterocycles. The highest BCUT2D eigenvalue weighted by Crippen LogP contribution is 2.45. The van der Waals surface area contributed by atoms with Gasteiger partial charge in [0.2, 0.25) is 5.91 Å². The van der Waals surface area contributed by atoms with E-state index in [2.05, 4.69) is 17.4 Å². The first-order valence-electron chi connectivity index (χ1n) is 7.38. The number of ether oxygens (including phenoxy) is 1. The lowest BCUT2D eigenvalue weighted by Gasteiger charge is -2.24. The van der Waals surface area contributed by atoms with E-state index in [4.69, 9.17) is 4.74 Å². The molecule has 4 heteroatoms. The Hall–Kier alpha value is -1.39. The molecule has 1 N–H and O–H groups in total. The Morgan fingerprint density at radius 3 is 2.65 bits per heavy atom. The molecule has 1 saturated heterocycles. The zero-order valence-corrected chi connectivity index (χ0v) is 12.1. The van der Waals surface area contributed by atoms with Gasteiger partial charge in [0.15, 0.2) is 0 Å². The summed E-state index contributed by atoms with van der Waals surface area (Å²) in [6, 6.07) is 10.2. The average molecular weight is 274 g/mol. The monoisotopic (exact) mass is 274 g/mol. The van der Waals surface area contributed by atoms with E-state index in [9.17, 15) is 4.79 Å². The van der Waals surface area contributed by atoms with E-state index in [0.29, 0.717) is 13.2 Å². The summed E-state index contributed by atoms with van der Waals surface area (Å²) in [5.41, 5.74) is 0.868. The predicted octanol–water partition coefficient (Wildman–Crippen LogP) is 2.07. The van der Waals surface area contributed by atoms with Crippen molar-refractivity contribution in [2.45, 2.75) is 44.5 Å². The van der Waals surface area contributed by atoms with Gasteiger partial charge in [0.1, 0.15) is 11.7 Å². The molecule has 3 rings (SSSR count). The van der Waals surface area contributed by atoms with Crippen molar-refractivity contribution in [2.75, 3.05) is 13.2 Å². The molecule has 1 atom stereocenters. The molecule has 1 unspecified atom stereocenters. The Morgan fingerprint density at radius 1 is 1.35 bits per heavy atom. The van der Waals surface area contributed by atoms with Gasteiger partial charge in [-0.15, -0.1) is 0 Å². The number of carbonyl (C=O) groups excluding carboxylic acids is 1. The fraction of sp³-hybridized carbons (Fsp3) is 0.562. The molecular formula is C16H22N2O2. The van der Waals surface area contributed by atoms with E-state index in [1.807, 2.05) is 36.9 Å². The van der Waals surface area contributed by atoms with Crippen LogP contribution in [0.5, 0.6) is 0 Å². The molecule has 1 aromatic carbocycles. The highest BCUT2D eigenvalue weighted by molar-refractivity contribution is 5.92. The van der Waals surface area contributed by atoms with Crippen LogP contribution in [0.2, 0.25) is 0 Å². The Labute approximate surface area is 120 Å². The molecule has 2 fully saturated rings. The van der Waals surface area contributed by atoms with Crippen LogP contribution in [-0.4, -0.2) is 35.6 Å². The normalized spacial score (nSPS) is 23.9. The number of benzene rings is 1. The third-order valence-electron chi connectivity index (χ3n) is 4.04. The van der Waals surface area contributed by atoms with Gasteiger partial charge in [-0.1, -0.05) is 30.3 Å². The summed E-state index contributed by atoms with van der Waals surface area (Å²) in [5, 5.41) is 3.52. The van der Waals surface area contributed by atoms with Crippen LogP contribution >= 0.6 is 0 Å². The van der Waals surface area contributed by atoms with Gasteiger partial charge in [0, 0.05) is 6.54 Å². The fourth-order valence-electron chi connectivity index (χ4n) is 2.79. The van der Waals surface area contributed by atoms with Crippen molar-refractivity contribution in [3.8, 4) is 0 Å². The summed E-state index contributed by atoms with van der Waals surface area (Å²) >= 11 is 0. The van der Waals surface area contributed by atoms with Crippen LogP contribution in [-0.2, 0) is 9.53 Å². The van der Waals surface area contributed by atoms with E-state index < -0.39 is 0 Å². The van der Waals surface area contributed by atoms with E-state index in [-0.39, 0.29) is 23.7 Å². The summed E-state index contributed by atoms with van der Waals surface area (Å²) in [6.07, 6.45) is 2.10. The molecule has 0 bridgehead atoms. The quantitative estimate of drug-likeness (QED) is 0.893. The van der Waals surface area contributed by atoms with Crippen LogP contribution in [0.1, 0.15) is 38.4 Å². The van der Waals surface area contributed by atoms with Gasteiger partial charge in [0.25, 0.3) is 0 Å². The van der Waals surface area contributed by atoms with Crippen molar-refractivity contribution in [3.05, 3.63) is 35.9 Å². The number of nitrogens with zero attached hydrogens (tertiary/aromatic N) is 1. The van der Waals surface area contributed by atoms with Gasteiger partial charge in [-0.3, -0.25) is 10.1 Å².